The molecular formula is C18H38OSi. The van der Waals surface area contributed by atoms with Gasteiger partial charge in [-0.25, -0.2) is 0 Å². The van der Waals surface area contributed by atoms with Gasteiger partial charge in [0.1, 0.15) is 0 Å². The van der Waals surface area contributed by atoms with E-state index in [-0.39, 0.29) is 5.60 Å². The van der Waals surface area contributed by atoms with Gasteiger partial charge in [0, 0.05) is 0 Å². The first kappa shape index (κ1) is 18.2. The quantitative estimate of drug-likeness (QED) is 0.499. The summed E-state index contributed by atoms with van der Waals surface area (Å²) in [5.74, 6) is 0.912. The molecule has 0 saturated carbocycles. The van der Waals surface area contributed by atoms with Crippen molar-refractivity contribution in [3.63, 3.8) is 0 Å². The van der Waals surface area contributed by atoms with Crippen LogP contribution in [-0.4, -0.2) is 13.9 Å². The Bertz CT molecular complexity index is 294. The molecule has 0 spiro atoms. The van der Waals surface area contributed by atoms with E-state index in [1.165, 1.54) is 51.4 Å². The Morgan fingerprint density at radius 3 is 2.20 bits per heavy atom. The third-order valence-electron chi connectivity index (χ3n) is 5.81. The van der Waals surface area contributed by atoms with Crippen LogP contribution in [0, 0.1) is 5.92 Å². The van der Waals surface area contributed by atoms with Crippen molar-refractivity contribution in [1.29, 1.82) is 0 Å². The van der Waals surface area contributed by atoms with Crippen LogP contribution in [0.25, 0.3) is 0 Å². The molecule has 0 aliphatic carbocycles. The van der Waals surface area contributed by atoms with Gasteiger partial charge in [0.25, 0.3) is 0 Å². The van der Waals surface area contributed by atoms with E-state index in [9.17, 15) is 0 Å². The molecule has 1 heterocycles. The SMILES string of the molecule is CCC1CCCCCC(C)(C)[Si](C)(C)OC(C)(C)CC1. The van der Waals surface area contributed by atoms with Crippen molar-refractivity contribution in [2.75, 3.05) is 0 Å². The second kappa shape index (κ2) is 6.96. The molecule has 120 valence electrons. The summed E-state index contributed by atoms with van der Waals surface area (Å²) in [5, 5.41) is 0.383. The topological polar surface area (TPSA) is 9.23 Å². The summed E-state index contributed by atoms with van der Waals surface area (Å²) < 4.78 is 6.75. The molecule has 1 rings (SSSR count). The normalized spacial score (nSPS) is 31.1. The first-order valence-electron chi connectivity index (χ1n) is 8.80. The summed E-state index contributed by atoms with van der Waals surface area (Å²) in [6.07, 6.45) is 10.9. The molecule has 1 aliphatic rings. The Morgan fingerprint density at radius 1 is 0.950 bits per heavy atom. The first-order valence-corrected chi connectivity index (χ1v) is 11.7. The molecule has 1 saturated heterocycles. The second-order valence-electron chi connectivity index (χ2n) is 8.67. The Hall–Kier alpha value is 0.177. The molecule has 1 fully saturated rings. The van der Waals surface area contributed by atoms with Crippen LogP contribution in [0.4, 0.5) is 0 Å². The van der Waals surface area contributed by atoms with Crippen molar-refractivity contribution in [2.45, 2.75) is 110 Å². The van der Waals surface area contributed by atoms with Gasteiger partial charge in [0.05, 0.1) is 5.60 Å². The molecular weight excluding hydrogens is 260 g/mol. The molecule has 0 bridgehead atoms. The molecule has 0 radical (unpaired) electrons. The average Bonchev–Trinajstić information content (AvgIpc) is 2.29. The molecule has 0 N–H and O–H groups in total. The summed E-state index contributed by atoms with van der Waals surface area (Å²) in [6, 6.07) is 0. The number of hydrogen-bond donors (Lipinski definition) is 0. The fourth-order valence-electron chi connectivity index (χ4n) is 3.46. The highest BCUT2D eigenvalue weighted by Gasteiger charge is 2.44. The fraction of sp³-hybridized carbons (Fsp3) is 1.00. The van der Waals surface area contributed by atoms with Gasteiger partial charge < -0.3 is 4.43 Å². The van der Waals surface area contributed by atoms with E-state index in [4.69, 9.17) is 4.43 Å². The van der Waals surface area contributed by atoms with Gasteiger partial charge in [-0.15, -0.1) is 0 Å². The monoisotopic (exact) mass is 298 g/mol. The van der Waals surface area contributed by atoms with Crippen LogP contribution in [0.2, 0.25) is 18.1 Å². The highest BCUT2D eigenvalue weighted by atomic mass is 28.4. The molecule has 1 aliphatic heterocycles. The lowest BCUT2D eigenvalue weighted by atomic mass is 9.89. The smallest absolute Gasteiger partial charge is 0.193 e. The van der Waals surface area contributed by atoms with Crippen molar-refractivity contribution in [1.82, 2.24) is 0 Å². The van der Waals surface area contributed by atoms with Gasteiger partial charge in [-0.05, 0) is 57.2 Å². The number of rotatable bonds is 1. The summed E-state index contributed by atoms with van der Waals surface area (Å²) in [7, 11) is -1.66. The minimum absolute atomic E-state index is 0.0552. The van der Waals surface area contributed by atoms with Gasteiger partial charge in [0.2, 0.25) is 0 Å². The maximum Gasteiger partial charge on any atom is 0.193 e. The van der Waals surface area contributed by atoms with E-state index in [0.717, 1.165) is 5.92 Å². The number of hydrogen-bond acceptors (Lipinski definition) is 1. The average molecular weight is 299 g/mol. The predicted octanol–water partition coefficient (Wildman–Crippen LogP) is 6.54. The second-order valence-corrected chi connectivity index (χ2v) is 13.2. The minimum Gasteiger partial charge on any atom is -0.412 e. The molecule has 1 nitrogen and oxygen atoms in total. The molecule has 0 aromatic rings. The van der Waals surface area contributed by atoms with Crippen molar-refractivity contribution in [2.24, 2.45) is 5.92 Å². The maximum absolute atomic E-state index is 6.75. The van der Waals surface area contributed by atoms with E-state index in [2.05, 4.69) is 47.7 Å². The Kier molecular flexibility index (Phi) is 6.34. The van der Waals surface area contributed by atoms with Crippen LogP contribution in [0.5, 0.6) is 0 Å². The fourth-order valence-corrected chi connectivity index (χ4v) is 6.00. The molecule has 0 aromatic heterocycles. The Morgan fingerprint density at radius 2 is 1.60 bits per heavy atom. The first-order chi connectivity index (χ1) is 9.10. The lowest BCUT2D eigenvalue weighted by Gasteiger charge is -2.45. The van der Waals surface area contributed by atoms with Crippen LogP contribution in [0.1, 0.15) is 86.0 Å². The van der Waals surface area contributed by atoms with Gasteiger partial charge in [-0.3, -0.25) is 0 Å². The van der Waals surface area contributed by atoms with Crippen molar-refractivity contribution in [3.05, 3.63) is 0 Å². The van der Waals surface area contributed by atoms with Crippen molar-refractivity contribution >= 4 is 8.32 Å². The van der Waals surface area contributed by atoms with Crippen LogP contribution in [0.3, 0.4) is 0 Å². The predicted molar refractivity (Wildman–Crippen MR) is 92.8 cm³/mol. The van der Waals surface area contributed by atoms with E-state index >= 15 is 0 Å². The summed E-state index contributed by atoms with van der Waals surface area (Å²) in [4.78, 5) is 0. The van der Waals surface area contributed by atoms with Crippen LogP contribution in [-0.2, 0) is 4.43 Å². The Balaban J connectivity index is 2.83. The third-order valence-corrected chi connectivity index (χ3v) is 10.4. The Labute approximate surface area is 129 Å². The van der Waals surface area contributed by atoms with Crippen LogP contribution >= 0.6 is 0 Å². The van der Waals surface area contributed by atoms with Gasteiger partial charge in [0.15, 0.2) is 8.32 Å². The lowest BCUT2D eigenvalue weighted by molar-refractivity contribution is 0.0712. The molecule has 2 heteroatoms. The summed E-state index contributed by atoms with van der Waals surface area (Å²) >= 11 is 0. The zero-order valence-electron chi connectivity index (χ0n) is 15.1. The molecule has 0 aromatic carbocycles. The zero-order valence-corrected chi connectivity index (χ0v) is 16.1. The van der Waals surface area contributed by atoms with Crippen LogP contribution < -0.4 is 0 Å². The van der Waals surface area contributed by atoms with Gasteiger partial charge in [-0.2, -0.15) is 0 Å². The van der Waals surface area contributed by atoms with E-state index in [0.29, 0.717) is 5.04 Å². The van der Waals surface area contributed by atoms with Gasteiger partial charge >= 0.3 is 0 Å². The highest BCUT2D eigenvalue weighted by molar-refractivity contribution is 6.74. The summed E-state index contributed by atoms with van der Waals surface area (Å²) in [5.41, 5.74) is 0.0552. The zero-order chi connectivity index (χ0) is 15.4. The van der Waals surface area contributed by atoms with E-state index in [1.54, 1.807) is 0 Å². The molecule has 1 atom stereocenters. The van der Waals surface area contributed by atoms with Crippen LogP contribution in [0.15, 0.2) is 0 Å². The maximum atomic E-state index is 6.75. The lowest BCUT2D eigenvalue weighted by Crippen LogP contribution is -2.48. The van der Waals surface area contributed by atoms with E-state index in [1.807, 2.05) is 0 Å². The minimum atomic E-state index is -1.66. The third kappa shape index (κ3) is 5.18. The molecule has 0 amide bonds. The molecule has 20 heavy (non-hydrogen) atoms. The molecule has 1 unspecified atom stereocenters. The summed E-state index contributed by atoms with van der Waals surface area (Å²) in [6.45, 7) is 16.7. The van der Waals surface area contributed by atoms with Gasteiger partial charge in [-0.1, -0.05) is 52.9 Å². The van der Waals surface area contributed by atoms with Crippen molar-refractivity contribution in [3.8, 4) is 0 Å². The van der Waals surface area contributed by atoms with Crippen molar-refractivity contribution < 1.29 is 4.43 Å². The highest BCUT2D eigenvalue weighted by Crippen LogP contribution is 2.45. The largest absolute Gasteiger partial charge is 0.412 e. The van der Waals surface area contributed by atoms with E-state index < -0.39 is 8.32 Å². The standard InChI is InChI=1S/C18H38OSi/c1-8-16-12-10-9-11-14-18(4,5)20(6,7)19-17(2,3)15-13-16/h16H,8-15H2,1-7H3.